The molecule has 3 aromatic rings. The molecule has 5 nitrogen and oxygen atoms in total. The van der Waals surface area contributed by atoms with Gasteiger partial charge in [-0.3, -0.25) is 14.5 Å². The van der Waals surface area contributed by atoms with E-state index in [0.717, 1.165) is 5.56 Å². The summed E-state index contributed by atoms with van der Waals surface area (Å²) >= 11 is 6.25. The maximum Gasteiger partial charge on any atom is 0.300 e. The van der Waals surface area contributed by atoms with Crippen LogP contribution in [-0.4, -0.2) is 23.9 Å². The van der Waals surface area contributed by atoms with Gasteiger partial charge in [0.2, 0.25) is 0 Å². The summed E-state index contributed by atoms with van der Waals surface area (Å²) in [5.74, 6) is -1.29. The highest BCUT2D eigenvalue weighted by Gasteiger charge is 2.47. The summed E-state index contributed by atoms with van der Waals surface area (Å²) in [6, 6.07) is 20.7. The summed E-state index contributed by atoms with van der Waals surface area (Å²) < 4.78 is 5.18. The number of methoxy groups -OCH3 is 1. The molecular weight excluding hydrogens is 450 g/mol. The second-order valence-electron chi connectivity index (χ2n) is 9.23. The number of ketones is 1. The van der Waals surface area contributed by atoms with E-state index in [1.807, 2.05) is 54.6 Å². The smallest absolute Gasteiger partial charge is 0.300 e. The van der Waals surface area contributed by atoms with Crippen molar-refractivity contribution in [3.63, 3.8) is 0 Å². The van der Waals surface area contributed by atoms with Crippen molar-refractivity contribution >= 4 is 34.7 Å². The van der Waals surface area contributed by atoms with Crippen molar-refractivity contribution in [2.45, 2.75) is 32.2 Å². The van der Waals surface area contributed by atoms with Gasteiger partial charge in [0.05, 0.1) is 23.7 Å². The Kier molecular flexibility index (Phi) is 6.24. The van der Waals surface area contributed by atoms with Crippen molar-refractivity contribution in [2.24, 2.45) is 0 Å². The van der Waals surface area contributed by atoms with Gasteiger partial charge in [-0.2, -0.15) is 0 Å². The Balaban J connectivity index is 1.89. The molecule has 0 aromatic heterocycles. The number of carbonyl (C=O) groups excluding carboxylic acids is 2. The van der Waals surface area contributed by atoms with Gasteiger partial charge >= 0.3 is 0 Å². The average molecular weight is 476 g/mol. The molecule has 1 N–H and O–H groups in total. The monoisotopic (exact) mass is 475 g/mol. The van der Waals surface area contributed by atoms with Gasteiger partial charge in [0, 0.05) is 11.3 Å². The van der Waals surface area contributed by atoms with Crippen LogP contribution in [0.15, 0.2) is 78.4 Å². The van der Waals surface area contributed by atoms with Gasteiger partial charge in [-0.25, -0.2) is 0 Å². The van der Waals surface area contributed by atoms with Gasteiger partial charge < -0.3 is 9.84 Å². The van der Waals surface area contributed by atoms with Crippen LogP contribution in [0.1, 0.15) is 43.5 Å². The van der Waals surface area contributed by atoms with Crippen LogP contribution in [0.2, 0.25) is 5.02 Å². The molecule has 1 saturated heterocycles. The highest BCUT2D eigenvalue weighted by atomic mass is 35.5. The number of hydrogen-bond acceptors (Lipinski definition) is 4. The van der Waals surface area contributed by atoms with E-state index in [-0.39, 0.29) is 21.8 Å². The number of carbonyl (C=O) groups is 2. The molecule has 1 heterocycles. The molecule has 0 radical (unpaired) electrons. The molecule has 174 valence electrons. The topological polar surface area (TPSA) is 66.8 Å². The molecule has 1 aliphatic rings. The van der Waals surface area contributed by atoms with Crippen LogP contribution in [0.3, 0.4) is 0 Å². The normalized spacial score (nSPS) is 17.8. The SMILES string of the molecule is COc1ccc(/C(O)=C2/C(=O)C(=O)N(c3ccc(C(C)(C)C)cc3)C2c2ccccc2)cc1Cl. The first-order valence-electron chi connectivity index (χ1n) is 10.9. The minimum Gasteiger partial charge on any atom is -0.507 e. The molecule has 4 rings (SSSR count). The van der Waals surface area contributed by atoms with Gasteiger partial charge in [0.15, 0.2) is 0 Å². The van der Waals surface area contributed by atoms with Crippen molar-refractivity contribution in [2.75, 3.05) is 12.0 Å². The van der Waals surface area contributed by atoms with E-state index in [1.165, 1.54) is 18.1 Å². The lowest BCUT2D eigenvalue weighted by Gasteiger charge is -2.26. The van der Waals surface area contributed by atoms with Crippen LogP contribution in [0.4, 0.5) is 5.69 Å². The molecule has 0 aliphatic carbocycles. The number of amides is 1. The van der Waals surface area contributed by atoms with Gasteiger partial charge in [-0.15, -0.1) is 0 Å². The van der Waals surface area contributed by atoms with Crippen LogP contribution in [-0.2, 0) is 15.0 Å². The second kappa shape index (κ2) is 8.99. The van der Waals surface area contributed by atoms with Crippen LogP contribution < -0.4 is 9.64 Å². The number of hydrogen-bond donors (Lipinski definition) is 1. The first-order chi connectivity index (χ1) is 16.1. The van der Waals surface area contributed by atoms with E-state index in [9.17, 15) is 14.7 Å². The van der Waals surface area contributed by atoms with E-state index in [2.05, 4.69) is 20.8 Å². The Labute approximate surface area is 204 Å². The van der Waals surface area contributed by atoms with Crippen LogP contribution in [0.25, 0.3) is 5.76 Å². The number of benzene rings is 3. The number of aliphatic hydroxyl groups excluding tert-OH is 1. The van der Waals surface area contributed by atoms with Crippen molar-refractivity contribution < 1.29 is 19.4 Å². The fourth-order valence-electron chi connectivity index (χ4n) is 4.14. The van der Waals surface area contributed by atoms with Crippen molar-refractivity contribution in [3.05, 3.63) is 100 Å². The van der Waals surface area contributed by atoms with Gasteiger partial charge in [0.1, 0.15) is 11.5 Å². The quantitative estimate of drug-likeness (QED) is 0.274. The molecule has 34 heavy (non-hydrogen) atoms. The van der Waals surface area contributed by atoms with Crippen LogP contribution >= 0.6 is 11.6 Å². The fraction of sp³-hybridized carbons (Fsp3) is 0.214. The number of halogens is 1. The van der Waals surface area contributed by atoms with E-state index >= 15 is 0 Å². The third-order valence-corrected chi connectivity index (χ3v) is 6.29. The molecule has 6 heteroatoms. The molecule has 1 amide bonds. The van der Waals surface area contributed by atoms with Gasteiger partial charge in [-0.05, 0) is 46.9 Å². The van der Waals surface area contributed by atoms with Crippen molar-refractivity contribution in [1.29, 1.82) is 0 Å². The summed E-state index contributed by atoms with van der Waals surface area (Å²) in [6.45, 7) is 6.33. The number of Topliss-reactive ketones (excluding diaryl/α,β-unsaturated/α-hetero) is 1. The van der Waals surface area contributed by atoms with Gasteiger partial charge in [-0.1, -0.05) is 74.8 Å². The second-order valence-corrected chi connectivity index (χ2v) is 9.63. The molecule has 1 aliphatic heterocycles. The fourth-order valence-corrected chi connectivity index (χ4v) is 4.40. The summed E-state index contributed by atoms with van der Waals surface area (Å²) in [5.41, 5.74) is 2.68. The Morgan fingerprint density at radius 1 is 0.971 bits per heavy atom. The van der Waals surface area contributed by atoms with E-state index in [4.69, 9.17) is 16.3 Å². The number of anilines is 1. The van der Waals surface area contributed by atoms with E-state index in [1.54, 1.807) is 12.1 Å². The van der Waals surface area contributed by atoms with Gasteiger partial charge in [0.25, 0.3) is 11.7 Å². The molecule has 1 unspecified atom stereocenters. The molecule has 3 aromatic carbocycles. The summed E-state index contributed by atoms with van der Waals surface area (Å²) in [6.07, 6.45) is 0. The maximum atomic E-state index is 13.3. The number of rotatable bonds is 4. The highest BCUT2D eigenvalue weighted by molar-refractivity contribution is 6.51. The van der Waals surface area contributed by atoms with E-state index < -0.39 is 17.7 Å². The maximum absolute atomic E-state index is 13.3. The lowest BCUT2D eigenvalue weighted by atomic mass is 9.87. The van der Waals surface area contributed by atoms with Crippen molar-refractivity contribution in [3.8, 4) is 5.75 Å². The zero-order valence-corrected chi connectivity index (χ0v) is 20.3. The number of nitrogens with zero attached hydrogens (tertiary/aromatic N) is 1. The zero-order valence-electron chi connectivity index (χ0n) is 19.5. The lowest BCUT2D eigenvalue weighted by molar-refractivity contribution is -0.132. The Bertz CT molecular complexity index is 1270. The highest BCUT2D eigenvalue weighted by Crippen LogP contribution is 2.43. The molecule has 1 fully saturated rings. The number of aliphatic hydroxyl groups is 1. The van der Waals surface area contributed by atoms with Crippen LogP contribution in [0.5, 0.6) is 5.75 Å². The number of ether oxygens (including phenoxy) is 1. The Hall–Kier alpha value is -3.57. The van der Waals surface area contributed by atoms with E-state index in [0.29, 0.717) is 22.6 Å². The van der Waals surface area contributed by atoms with Crippen LogP contribution in [0, 0.1) is 0 Å². The summed E-state index contributed by atoms with van der Waals surface area (Å²) in [5, 5.41) is 11.5. The Morgan fingerprint density at radius 3 is 2.18 bits per heavy atom. The standard InChI is InChI=1S/C28H26ClNO4/c1-28(2,3)19-11-13-20(14-12-19)30-24(17-8-6-5-7-9-17)23(26(32)27(30)33)25(31)18-10-15-22(34-4)21(29)16-18/h5-16,24,31H,1-4H3/b25-23-. The lowest BCUT2D eigenvalue weighted by Crippen LogP contribution is -2.29. The summed E-state index contributed by atoms with van der Waals surface area (Å²) in [4.78, 5) is 28.0. The molecule has 0 spiro atoms. The molecular formula is C28H26ClNO4. The predicted octanol–water partition coefficient (Wildman–Crippen LogP) is 6.27. The van der Waals surface area contributed by atoms with Crippen molar-refractivity contribution in [1.82, 2.24) is 0 Å². The molecule has 0 bridgehead atoms. The minimum absolute atomic E-state index is 0.0114. The molecule has 1 atom stereocenters. The zero-order chi connectivity index (χ0) is 24.6. The minimum atomic E-state index is -0.789. The largest absolute Gasteiger partial charge is 0.507 e. The molecule has 0 saturated carbocycles. The first-order valence-corrected chi connectivity index (χ1v) is 11.3. The third-order valence-electron chi connectivity index (χ3n) is 6.00. The average Bonchev–Trinajstić information content (AvgIpc) is 3.09. The first kappa shape index (κ1) is 23.6. The Morgan fingerprint density at radius 2 is 1.62 bits per heavy atom. The summed E-state index contributed by atoms with van der Waals surface area (Å²) in [7, 11) is 1.49. The third kappa shape index (κ3) is 4.19. The predicted molar refractivity (Wildman–Crippen MR) is 134 cm³/mol.